The van der Waals surface area contributed by atoms with E-state index < -0.39 is 46.6 Å². The molecule has 0 radical (unpaired) electrons. The molecule has 2 heterocycles. The molecule has 11 nitrogen and oxygen atoms in total. The number of ether oxygens (including phenoxy) is 1. The molecule has 2 aromatic rings. The lowest BCUT2D eigenvalue weighted by Crippen LogP contribution is -2.58. The Bertz CT molecular complexity index is 1150. The van der Waals surface area contributed by atoms with E-state index in [1.807, 2.05) is 4.90 Å². The molecule has 15 heteroatoms. The summed E-state index contributed by atoms with van der Waals surface area (Å²) in [5.41, 5.74) is -1.02. The third kappa shape index (κ3) is 7.11. The third-order valence-electron chi connectivity index (χ3n) is 5.75. The van der Waals surface area contributed by atoms with Crippen LogP contribution in [0.1, 0.15) is 25.5 Å². The zero-order chi connectivity index (χ0) is 27.5. The van der Waals surface area contributed by atoms with Crippen LogP contribution in [-0.4, -0.2) is 78.2 Å². The molecule has 3 rings (SSSR count). The number of halogens is 4. The van der Waals surface area contributed by atoms with Crippen LogP contribution in [0.3, 0.4) is 0 Å². The third-order valence-corrected chi connectivity index (χ3v) is 6.05. The highest BCUT2D eigenvalue weighted by Crippen LogP contribution is 2.35. The largest absolute Gasteiger partial charge is 0.573 e. The first kappa shape index (κ1) is 28.2. The van der Waals surface area contributed by atoms with Crippen molar-refractivity contribution in [3.05, 3.63) is 63.6 Å². The maximum absolute atomic E-state index is 12.6. The van der Waals surface area contributed by atoms with E-state index >= 15 is 0 Å². The summed E-state index contributed by atoms with van der Waals surface area (Å²) in [6, 6.07) is 3.68. The van der Waals surface area contributed by atoms with E-state index in [0.29, 0.717) is 5.56 Å². The van der Waals surface area contributed by atoms with Gasteiger partial charge >= 0.3 is 23.6 Å². The normalized spacial score (nSPS) is 20.7. The summed E-state index contributed by atoms with van der Waals surface area (Å²) in [5.74, 6) is -0.914. The lowest BCUT2D eigenvalue weighted by Gasteiger charge is -2.47. The zero-order valence-corrected chi connectivity index (χ0v) is 20.6. The maximum Gasteiger partial charge on any atom is 0.573 e. The highest BCUT2D eigenvalue weighted by Gasteiger charge is 2.41. The van der Waals surface area contributed by atoms with Crippen LogP contribution in [0.25, 0.3) is 0 Å². The topological polar surface area (TPSA) is 134 Å². The highest BCUT2D eigenvalue weighted by atomic mass is 35.5. The summed E-state index contributed by atoms with van der Waals surface area (Å²) in [6.45, 7) is 3.30. The van der Waals surface area contributed by atoms with Gasteiger partial charge in [0.25, 0.3) is 0 Å². The van der Waals surface area contributed by atoms with Crippen molar-refractivity contribution in [2.45, 2.75) is 44.4 Å². The minimum absolute atomic E-state index is 0.0255. The standard InChI is InChI=1S/C22H25ClF3N5O6/c1-3-4-16-18(14-5-7-15(8-6-14)37-22(24,25)26)28(9-10-30(16)20(32)33)12-21(2,34)13-29-11-17(31(35)36)27-19(29)23/h3-8,11,16,18,34H,9-10,12-13H2,1-2H3,(H,32,33)/t16-,18?,21?/m0/s1. The van der Waals surface area contributed by atoms with Crippen LogP contribution in [-0.2, 0) is 6.54 Å². The second kappa shape index (κ2) is 10.9. The Balaban J connectivity index is 1.93. The molecule has 1 aromatic heterocycles. The first-order valence-corrected chi connectivity index (χ1v) is 11.4. The van der Waals surface area contributed by atoms with Gasteiger partial charge in [0, 0.05) is 19.6 Å². The fraction of sp³-hybridized carbons (Fsp3) is 0.455. The molecule has 0 aliphatic carbocycles. The molecule has 202 valence electrons. The number of hydrogen-bond acceptors (Lipinski definition) is 7. The van der Waals surface area contributed by atoms with Crippen molar-refractivity contribution < 1.29 is 37.8 Å². The number of allylic oxidation sites excluding steroid dienone is 1. The fourth-order valence-electron chi connectivity index (χ4n) is 4.43. The summed E-state index contributed by atoms with van der Waals surface area (Å²) in [7, 11) is 0. The number of nitrogens with zero attached hydrogens (tertiary/aromatic N) is 5. The zero-order valence-electron chi connectivity index (χ0n) is 19.8. The van der Waals surface area contributed by atoms with Crippen LogP contribution in [0.2, 0.25) is 5.28 Å². The molecule has 1 saturated heterocycles. The van der Waals surface area contributed by atoms with Gasteiger partial charge in [0.2, 0.25) is 0 Å². The quantitative estimate of drug-likeness (QED) is 0.287. The van der Waals surface area contributed by atoms with Crippen molar-refractivity contribution in [3.63, 3.8) is 0 Å². The molecule has 2 N–H and O–H groups in total. The molecule has 2 unspecified atom stereocenters. The number of hydrogen-bond donors (Lipinski definition) is 2. The Morgan fingerprint density at radius 2 is 1.95 bits per heavy atom. The number of piperazine rings is 1. The summed E-state index contributed by atoms with van der Waals surface area (Å²) in [5, 5.41) is 31.8. The smallest absolute Gasteiger partial charge is 0.465 e. The van der Waals surface area contributed by atoms with Gasteiger partial charge in [-0.3, -0.25) is 14.4 Å². The molecule has 1 aliphatic rings. The number of nitro groups is 1. The highest BCUT2D eigenvalue weighted by molar-refractivity contribution is 6.28. The van der Waals surface area contributed by atoms with E-state index in [4.69, 9.17) is 11.6 Å². The van der Waals surface area contributed by atoms with Crippen LogP contribution < -0.4 is 4.74 Å². The number of aromatic nitrogens is 2. The molecule has 0 saturated carbocycles. The van der Waals surface area contributed by atoms with Crippen LogP contribution in [0.15, 0.2) is 42.6 Å². The molecule has 37 heavy (non-hydrogen) atoms. The van der Waals surface area contributed by atoms with Crippen LogP contribution in [0.5, 0.6) is 5.75 Å². The number of carboxylic acid groups (broad SMARTS) is 1. The summed E-state index contributed by atoms with van der Waals surface area (Å²) in [6.07, 6.45) is -1.61. The average Bonchev–Trinajstić information content (AvgIpc) is 3.13. The van der Waals surface area contributed by atoms with Gasteiger partial charge in [0.05, 0.1) is 24.2 Å². The molecule has 0 bridgehead atoms. The molecule has 1 aromatic carbocycles. The van der Waals surface area contributed by atoms with Gasteiger partial charge in [-0.2, -0.15) is 0 Å². The number of alkyl halides is 3. The Labute approximate surface area is 214 Å². The Hall–Kier alpha value is -3.36. The van der Waals surface area contributed by atoms with Crippen LogP contribution in [0.4, 0.5) is 23.8 Å². The van der Waals surface area contributed by atoms with Gasteiger partial charge in [-0.05, 0) is 53.1 Å². The first-order chi connectivity index (χ1) is 17.2. The Kier molecular flexibility index (Phi) is 8.35. The predicted octanol–water partition coefficient (Wildman–Crippen LogP) is 4.08. The minimum atomic E-state index is -4.87. The number of aliphatic hydroxyl groups is 1. The minimum Gasteiger partial charge on any atom is -0.465 e. The van der Waals surface area contributed by atoms with E-state index in [1.165, 1.54) is 28.5 Å². The van der Waals surface area contributed by atoms with E-state index in [0.717, 1.165) is 18.3 Å². The lowest BCUT2D eigenvalue weighted by molar-refractivity contribution is -0.389. The number of benzene rings is 1. The van der Waals surface area contributed by atoms with Crippen molar-refractivity contribution in [1.29, 1.82) is 0 Å². The monoisotopic (exact) mass is 547 g/mol. The number of amides is 1. The van der Waals surface area contributed by atoms with Crippen molar-refractivity contribution in [3.8, 4) is 5.75 Å². The second-order valence-electron chi connectivity index (χ2n) is 8.77. The van der Waals surface area contributed by atoms with Gasteiger partial charge in [-0.1, -0.05) is 24.3 Å². The van der Waals surface area contributed by atoms with Crippen LogP contribution >= 0.6 is 11.6 Å². The Morgan fingerprint density at radius 1 is 1.30 bits per heavy atom. The molecule has 1 fully saturated rings. The van der Waals surface area contributed by atoms with Gasteiger partial charge in [0.15, 0.2) is 0 Å². The van der Waals surface area contributed by atoms with E-state index in [1.54, 1.807) is 19.1 Å². The van der Waals surface area contributed by atoms with Crippen molar-refractivity contribution in [2.75, 3.05) is 19.6 Å². The lowest BCUT2D eigenvalue weighted by atomic mass is 9.91. The number of rotatable bonds is 8. The summed E-state index contributed by atoms with van der Waals surface area (Å²) >= 11 is 5.99. The molecular formula is C22H25ClF3N5O6. The summed E-state index contributed by atoms with van der Waals surface area (Å²) in [4.78, 5) is 28.9. The van der Waals surface area contributed by atoms with Crippen molar-refractivity contribution >= 4 is 23.5 Å². The number of β-amino-alcohol motifs (C(OH)–C–C–N with tert-alkyl or cyclic N) is 1. The SMILES string of the molecule is CC=C[C@H]1C(c2ccc(OC(F)(F)F)cc2)N(CC(C)(O)Cn2cc([N+](=O)[O-])nc2Cl)CCN1C(=O)O. The predicted molar refractivity (Wildman–Crippen MR) is 125 cm³/mol. The average molecular weight is 548 g/mol. The van der Waals surface area contributed by atoms with Gasteiger partial charge < -0.3 is 25.1 Å². The van der Waals surface area contributed by atoms with Crippen molar-refractivity contribution in [2.24, 2.45) is 0 Å². The van der Waals surface area contributed by atoms with E-state index in [9.17, 15) is 38.3 Å². The van der Waals surface area contributed by atoms with Gasteiger partial charge in [0.1, 0.15) is 11.9 Å². The van der Waals surface area contributed by atoms with Gasteiger partial charge in [-0.25, -0.2) is 4.79 Å². The molecule has 0 spiro atoms. The van der Waals surface area contributed by atoms with Crippen molar-refractivity contribution in [1.82, 2.24) is 19.4 Å². The van der Waals surface area contributed by atoms with E-state index in [2.05, 4.69) is 9.72 Å². The first-order valence-electron chi connectivity index (χ1n) is 11.0. The van der Waals surface area contributed by atoms with Crippen LogP contribution in [0, 0.1) is 10.1 Å². The molecule has 1 aliphatic heterocycles. The summed E-state index contributed by atoms with van der Waals surface area (Å²) < 4.78 is 43.0. The molecular weight excluding hydrogens is 523 g/mol. The Morgan fingerprint density at radius 3 is 2.46 bits per heavy atom. The number of carbonyl (C=O) groups is 1. The number of imidazole rings is 1. The molecule has 3 atom stereocenters. The van der Waals surface area contributed by atoms with Gasteiger partial charge in [-0.15, -0.1) is 13.2 Å². The molecule has 1 amide bonds. The van der Waals surface area contributed by atoms with E-state index in [-0.39, 0.29) is 31.5 Å². The second-order valence-corrected chi connectivity index (χ2v) is 9.11. The fourth-order valence-corrected chi connectivity index (χ4v) is 4.62. The maximum atomic E-state index is 12.6.